The molecule has 9 heteroatoms. The zero-order valence-electron chi connectivity index (χ0n) is 23.8. The second-order valence-electron chi connectivity index (χ2n) is 10.8. The molecule has 0 saturated heterocycles. The van der Waals surface area contributed by atoms with Gasteiger partial charge in [0.15, 0.2) is 0 Å². The van der Waals surface area contributed by atoms with Gasteiger partial charge in [0.2, 0.25) is 21.8 Å². The van der Waals surface area contributed by atoms with Gasteiger partial charge in [-0.3, -0.25) is 13.9 Å². The summed E-state index contributed by atoms with van der Waals surface area (Å²) in [6, 6.07) is 21.3. The van der Waals surface area contributed by atoms with Crippen molar-refractivity contribution >= 4 is 39.1 Å². The third-order valence-electron chi connectivity index (χ3n) is 7.80. The molecule has 0 aliphatic heterocycles. The topological polar surface area (TPSA) is 86.8 Å². The maximum absolute atomic E-state index is 14.3. The Kier molecular flexibility index (Phi) is 10.1. The standard InChI is InChI=1S/C32H38ClN3O4S/c1-23-12-11-19-29(24(23)2)36(41(3,39)40)22-31(37)35(21-26-15-7-10-18-28(26)33)30(20-25-13-5-4-6-14-25)32(38)34-27-16-8-9-17-27/h4-7,10-15,18-19,27,30H,8-9,16-17,20-22H2,1-3H3,(H,34,38). The van der Waals surface area contributed by atoms with E-state index in [1.165, 1.54) is 4.90 Å². The number of aryl methyl sites for hydroxylation is 1. The van der Waals surface area contributed by atoms with E-state index in [0.29, 0.717) is 16.3 Å². The molecule has 0 radical (unpaired) electrons. The quantitative estimate of drug-likeness (QED) is 0.321. The van der Waals surface area contributed by atoms with Gasteiger partial charge in [0.1, 0.15) is 12.6 Å². The predicted molar refractivity (Wildman–Crippen MR) is 164 cm³/mol. The molecule has 7 nitrogen and oxygen atoms in total. The maximum Gasteiger partial charge on any atom is 0.244 e. The van der Waals surface area contributed by atoms with Gasteiger partial charge in [0.05, 0.1) is 11.9 Å². The van der Waals surface area contributed by atoms with Crippen molar-refractivity contribution in [3.05, 3.63) is 100 Å². The minimum Gasteiger partial charge on any atom is -0.352 e. The van der Waals surface area contributed by atoms with Crippen LogP contribution >= 0.6 is 11.6 Å². The van der Waals surface area contributed by atoms with Crippen molar-refractivity contribution < 1.29 is 18.0 Å². The molecule has 1 atom stereocenters. The van der Waals surface area contributed by atoms with E-state index in [2.05, 4.69) is 5.32 Å². The summed E-state index contributed by atoms with van der Waals surface area (Å²) in [5.74, 6) is -0.738. The molecule has 218 valence electrons. The van der Waals surface area contributed by atoms with Crippen molar-refractivity contribution in [1.82, 2.24) is 10.2 Å². The van der Waals surface area contributed by atoms with Crippen LogP contribution in [0.3, 0.4) is 0 Å². The van der Waals surface area contributed by atoms with Gasteiger partial charge in [0, 0.05) is 24.0 Å². The average molecular weight is 596 g/mol. The van der Waals surface area contributed by atoms with E-state index in [-0.39, 0.29) is 24.9 Å². The number of halogens is 1. The molecule has 1 saturated carbocycles. The largest absolute Gasteiger partial charge is 0.352 e. The van der Waals surface area contributed by atoms with E-state index in [1.54, 1.807) is 24.3 Å². The molecule has 41 heavy (non-hydrogen) atoms. The van der Waals surface area contributed by atoms with Gasteiger partial charge < -0.3 is 10.2 Å². The number of hydrogen-bond donors (Lipinski definition) is 1. The van der Waals surface area contributed by atoms with Gasteiger partial charge in [-0.05, 0) is 61.1 Å². The van der Waals surface area contributed by atoms with E-state index in [9.17, 15) is 18.0 Å². The Bertz CT molecular complexity index is 1470. The van der Waals surface area contributed by atoms with Crippen LogP contribution in [0.1, 0.15) is 47.9 Å². The zero-order valence-corrected chi connectivity index (χ0v) is 25.4. The number of anilines is 1. The number of rotatable bonds is 11. The Morgan fingerprint density at radius 2 is 1.61 bits per heavy atom. The fraction of sp³-hybridized carbons (Fsp3) is 0.375. The molecular formula is C32H38ClN3O4S. The van der Waals surface area contributed by atoms with Gasteiger partial charge in [-0.2, -0.15) is 0 Å². The molecule has 0 bridgehead atoms. The molecule has 1 N–H and O–H groups in total. The number of benzene rings is 3. The van der Waals surface area contributed by atoms with E-state index >= 15 is 0 Å². The van der Waals surface area contributed by atoms with Gasteiger partial charge in [-0.1, -0.05) is 85.1 Å². The lowest BCUT2D eigenvalue weighted by atomic mass is 10.0. The highest BCUT2D eigenvalue weighted by atomic mass is 35.5. The van der Waals surface area contributed by atoms with Gasteiger partial charge in [0.25, 0.3) is 0 Å². The number of sulfonamides is 1. The first-order chi connectivity index (χ1) is 19.5. The minimum atomic E-state index is -3.83. The van der Waals surface area contributed by atoms with Crippen LogP contribution in [-0.2, 0) is 32.6 Å². The molecule has 1 aliphatic rings. The molecule has 3 aromatic carbocycles. The van der Waals surface area contributed by atoms with Crippen LogP contribution in [0.25, 0.3) is 0 Å². The van der Waals surface area contributed by atoms with Crippen molar-refractivity contribution in [1.29, 1.82) is 0 Å². The normalized spacial score (nSPS) is 14.4. The van der Waals surface area contributed by atoms with Crippen LogP contribution in [0.5, 0.6) is 0 Å². The molecule has 3 aromatic rings. The number of hydrogen-bond acceptors (Lipinski definition) is 4. The highest BCUT2D eigenvalue weighted by Crippen LogP contribution is 2.27. The minimum absolute atomic E-state index is 0.0541. The van der Waals surface area contributed by atoms with Crippen molar-refractivity contribution in [3.63, 3.8) is 0 Å². The third-order valence-corrected chi connectivity index (χ3v) is 9.29. The molecule has 0 heterocycles. The summed E-state index contributed by atoms with van der Waals surface area (Å²) in [5, 5.41) is 3.64. The number of nitrogens with zero attached hydrogens (tertiary/aromatic N) is 2. The smallest absolute Gasteiger partial charge is 0.244 e. The zero-order chi connectivity index (χ0) is 29.6. The molecular weight excluding hydrogens is 558 g/mol. The van der Waals surface area contributed by atoms with E-state index in [4.69, 9.17) is 11.6 Å². The van der Waals surface area contributed by atoms with Crippen molar-refractivity contribution in [2.45, 2.75) is 64.6 Å². The van der Waals surface area contributed by atoms with Gasteiger partial charge >= 0.3 is 0 Å². The number of carbonyl (C=O) groups is 2. The highest BCUT2D eigenvalue weighted by Gasteiger charge is 2.34. The first kappa shape index (κ1) is 30.6. The van der Waals surface area contributed by atoms with Crippen LogP contribution in [0, 0.1) is 13.8 Å². The number of carbonyl (C=O) groups excluding carboxylic acids is 2. The number of nitrogens with one attached hydrogen (secondary N) is 1. The molecule has 1 unspecified atom stereocenters. The van der Waals surface area contributed by atoms with Crippen LogP contribution in [0.15, 0.2) is 72.8 Å². The Morgan fingerprint density at radius 3 is 2.27 bits per heavy atom. The Labute approximate surface area is 248 Å². The average Bonchev–Trinajstić information content (AvgIpc) is 3.45. The van der Waals surface area contributed by atoms with Gasteiger partial charge in [-0.25, -0.2) is 8.42 Å². The Morgan fingerprint density at radius 1 is 0.951 bits per heavy atom. The van der Waals surface area contributed by atoms with E-state index < -0.39 is 28.5 Å². The lowest BCUT2D eigenvalue weighted by Crippen LogP contribution is -2.54. The van der Waals surface area contributed by atoms with Crippen molar-refractivity contribution in [3.8, 4) is 0 Å². The SMILES string of the molecule is Cc1cccc(N(CC(=O)N(Cc2ccccc2Cl)C(Cc2ccccc2)C(=O)NC2CCCC2)S(C)(=O)=O)c1C. The summed E-state index contributed by atoms with van der Waals surface area (Å²) in [6.07, 6.45) is 5.27. The first-order valence-electron chi connectivity index (χ1n) is 14.0. The fourth-order valence-corrected chi connectivity index (χ4v) is 6.43. The van der Waals surface area contributed by atoms with Crippen LogP contribution in [0.2, 0.25) is 5.02 Å². The first-order valence-corrected chi connectivity index (χ1v) is 16.2. The molecule has 0 aromatic heterocycles. The number of amides is 2. The Hall–Kier alpha value is -3.36. The third kappa shape index (κ3) is 7.89. The van der Waals surface area contributed by atoms with Gasteiger partial charge in [-0.15, -0.1) is 0 Å². The second kappa shape index (κ2) is 13.5. The predicted octanol–water partition coefficient (Wildman–Crippen LogP) is 5.42. The summed E-state index contributed by atoms with van der Waals surface area (Å²) in [6.45, 7) is 3.34. The lowest BCUT2D eigenvalue weighted by Gasteiger charge is -2.34. The Balaban J connectivity index is 1.75. The van der Waals surface area contributed by atoms with E-state index in [1.807, 2.05) is 62.4 Å². The summed E-state index contributed by atoms with van der Waals surface area (Å²) in [4.78, 5) is 29.6. The van der Waals surface area contributed by atoms with Crippen LogP contribution < -0.4 is 9.62 Å². The summed E-state index contributed by atoms with van der Waals surface area (Å²) in [7, 11) is -3.83. The van der Waals surface area contributed by atoms with Crippen LogP contribution in [-0.4, -0.2) is 50.0 Å². The molecule has 1 aliphatic carbocycles. The maximum atomic E-state index is 14.3. The highest BCUT2D eigenvalue weighted by molar-refractivity contribution is 7.92. The van der Waals surface area contributed by atoms with Crippen LogP contribution in [0.4, 0.5) is 5.69 Å². The van der Waals surface area contributed by atoms with E-state index in [0.717, 1.165) is 52.9 Å². The molecule has 0 spiro atoms. The lowest BCUT2D eigenvalue weighted by molar-refractivity contribution is -0.140. The summed E-state index contributed by atoms with van der Waals surface area (Å²) in [5.41, 5.74) is 3.68. The second-order valence-corrected chi connectivity index (χ2v) is 13.1. The summed E-state index contributed by atoms with van der Waals surface area (Å²) >= 11 is 6.52. The van der Waals surface area contributed by atoms with Crippen molar-refractivity contribution in [2.75, 3.05) is 17.1 Å². The molecule has 4 rings (SSSR count). The molecule has 1 fully saturated rings. The van der Waals surface area contributed by atoms with Crippen molar-refractivity contribution in [2.24, 2.45) is 0 Å². The summed E-state index contributed by atoms with van der Waals surface area (Å²) < 4.78 is 27.2. The fourth-order valence-electron chi connectivity index (χ4n) is 5.33. The monoisotopic (exact) mass is 595 g/mol. The molecule has 2 amide bonds.